The predicted octanol–water partition coefficient (Wildman–Crippen LogP) is 3.46. The molecule has 2 amide bonds. The monoisotopic (exact) mass is 449 g/mol. The standard InChI is InChI=1S/C21H27N3O4S2/c1-15-4-3-5-16(2)24(15)30(27,28)19-8-6-18(7-9-19)23-20(25)10-12-22-21(26)17-11-13-29-14-17/h6-9,11,13-16H,3-5,10,12H2,1-2H3,(H,22,26)(H,23,25)/t15-,16-/m0/s1. The maximum absolute atomic E-state index is 13.0. The van der Waals surface area contributed by atoms with Crippen LogP contribution < -0.4 is 10.6 Å². The van der Waals surface area contributed by atoms with Crippen LogP contribution in [0.1, 0.15) is 49.9 Å². The van der Waals surface area contributed by atoms with E-state index in [2.05, 4.69) is 10.6 Å². The summed E-state index contributed by atoms with van der Waals surface area (Å²) in [4.78, 5) is 24.2. The van der Waals surface area contributed by atoms with Crippen LogP contribution in [0.25, 0.3) is 0 Å². The molecule has 1 aromatic heterocycles. The van der Waals surface area contributed by atoms with E-state index in [0.29, 0.717) is 11.3 Å². The average Bonchev–Trinajstić information content (AvgIpc) is 3.23. The summed E-state index contributed by atoms with van der Waals surface area (Å²) in [7, 11) is -3.58. The number of nitrogens with zero attached hydrogens (tertiary/aromatic N) is 1. The SMILES string of the molecule is C[C@H]1CCC[C@H](C)N1S(=O)(=O)c1ccc(NC(=O)CCNC(=O)c2ccsc2)cc1. The van der Waals surface area contributed by atoms with Crippen molar-refractivity contribution in [2.45, 2.75) is 56.5 Å². The largest absolute Gasteiger partial charge is 0.351 e. The molecule has 0 unspecified atom stereocenters. The van der Waals surface area contributed by atoms with E-state index in [1.165, 1.54) is 23.5 Å². The van der Waals surface area contributed by atoms with Crippen molar-refractivity contribution >= 4 is 38.9 Å². The first-order valence-electron chi connectivity index (χ1n) is 10.0. The van der Waals surface area contributed by atoms with E-state index < -0.39 is 10.0 Å². The summed E-state index contributed by atoms with van der Waals surface area (Å²) >= 11 is 1.44. The van der Waals surface area contributed by atoms with Crippen LogP contribution >= 0.6 is 11.3 Å². The van der Waals surface area contributed by atoms with Crippen molar-refractivity contribution in [3.63, 3.8) is 0 Å². The molecule has 1 aromatic carbocycles. The number of benzene rings is 1. The smallest absolute Gasteiger partial charge is 0.252 e. The number of nitrogens with one attached hydrogen (secondary N) is 2. The second-order valence-electron chi connectivity index (χ2n) is 7.55. The first kappa shape index (κ1) is 22.5. The Kier molecular flexibility index (Phi) is 7.27. The Hall–Kier alpha value is -2.23. The van der Waals surface area contributed by atoms with Crippen LogP contribution in [0.3, 0.4) is 0 Å². The zero-order valence-corrected chi connectivity index (χ0v) is 18.8. The second kappa shape index (κ2) is 9.72. The average molecular weight is 450 g/mol. The number of anilines is 1. The molecule has 0 bridgehead atoms. The molecular weight excluding hydrogens is 422 g/mol. The first-order valence-corrected chi connectivity index (χ1v) is 12.4. The summed E-state index contributed by atoms with van der Waals surface area (Å²) in [6.07, 6.45) is 2.88. The van der Waals surface area contributed by atoms with E-state index in [1.54, 1.807) is 27.9 Å². The number of amides is 2. The lowest BCUT2D eigenvalue weighted by atomic mass is 10.0. The van der Waals surface area contributed by atoms with Crippen molar-refractivity contribution in [2.24, 2.45) is 0 Å². The molecule has 2 aromatic rings. The summed E-state index contributed by atoms with van der Waals surface area (Å²) in [5.41, 5.74) is 1.09. The number of piperidine rings is 1. The van der Waals surface area contributed by atoms with Gasteiger partial charge in [0.2, 0.25) is 15.9 Å². The van der Waals surface area contributed by atoms with Crippen molar-refractivity contribution < 1.29 is 18.0 Å². The Morgan fingerprint density at radius 2 is 1.77 bits per heavy atom. The van der Waals surface area contributed by atoms with Gasteiger partial charge in [-0.2, -0.15) is 15.6 Å². The molecule has 0 radical (unpaired) electrons. The molecule has 1 saturated heterocycles. The van der Waals surface area contributed by atoms with E-state index in [0.717, 1.165) is 19.3 Å². The normalized spacial score (nSPS) is 19.9. The van der Waals surface area contributed by atoms with Crippen LogP contribution in [0.5, 0.6) is 0 Å². The van der Waals surface area contributed by atoms with Crippen LogP contribution in [0.4, 0.5) is 5.69 Å². The highest BCUT2D eigenvalue weighted by molar-refractivity contribution is 7.89. The molecule has 0 saturated carbocycles. The summed E-state index contributed by atoms with van der Waals surface area (Å²) < 4.78 is 27.7. The first-order chi connectivity index (χ1) is 14.3. The fourth-order valence-corrected chi connectivity index (χ4v) is 6.23. The van der Waals surface area contributed by atoms with E-state index in [4.69, 9.17) is 0 Å². The van der Waals surface area contributed by atoms with Gasteiger partial charge in [-0.25, -0.2) is 8.42 Å². The van der Waals surface area contributed by atoms with Gasteiger partial charge in [-0.3, -0.25) is 9.59 Å². The third-order valence-corrected chi connectivity index (χ3v) is 8.07. The summed E-state index contributed by atoms with van der Waals surface area (Å²) in [6.45, 7) is 4.11. The minimum atomic E-state index is -3.58. The van der Waals surface area contributed by atoms with Gasteiger partial charge in [0.05, 0.1) is 4.90 Å². The fraction of sp³-hybridized carbons (Fsp3) is 0.429. The van der Waals surface area contributed by atoms with Gasteiger partial charge in [-0.1, -0.05) is 6.42 Å². The molecule has 1 fully saturated rings. The van der Waals surface area contributed by atoms with Crippen LogP contribution in [-0.4, -0.2) is 43.2 Å². The fourth-order valence-electron chi connectivity index (χ4n) is 3.71. The van der Waals surface area contributed by atoms with Gasteiger partial charge in [0.1, 0.15) is 0 Å². The Bertz CT molecular complexity index is 962. The van der Waals surface area contributed by atoms with E-state index in [9.17, 15) is 18.0 Å². The van der Waals surface area contributed by atoms with Gasteiger partial charge in [0, 0.05) is 41.7 Å². The number of sulfonamides is 1. The number of carbonyl (C=O) groups excluding carboxylic acids is 2. The third kappa shape index (κ3) is 5.27. The van der Waals surface area contributed by atoms with Crippen LogP contribution in [0.15, 0.2) is 46.0 Å². The lowest BCUT2D eigenvalue weighted by Crippen LogP contribution is -2.47. The molecule has 2 heterocycles. The topological polar surface area (TPSA) is 95.6 Å². The molecule has 1 aliphatic heterocycles. The van der Waals surface area contributed by atoms with Gasteiger partial charge < -0.3 is 10.6 Å². The van der Waals surface area contributed by atoms with Gasteiger partial charge in [-0.05, 0) is 62.4 Å². The van der Waals surface area contributed by atoms with Crippen LogP contribution in [0, 0.1) is 0 Å². The second-order valence-corrected chi connectivity index (χ2v) is 10.2. The molecule has 2 N–H and O–H groups in total. The maximum Gasteiger partial charge on any atom is 0.252 e. The number of rotatable bonds is 7. The van der Waals surface area contributed by atoms with Crippen molar-refractivity contribution in [3.05, 3.63) is 46.7 Å². The molecule has 2 atom stereocenters. The van der Waals surface area contributed by atoms with E-state index in [1.807, 2.05) is 19.2 Å². The molecule has 1 aliphatic rings. The number of carbonyl (C=O) groups is 2. The number of thiophene rings is 1. The van der Waals surface area contributed by atoms with Crippen LogP contribution in [0.2, 0.25) is 0 Å². The minimum Gasteiger partial charge on any atom is -0.351 e. The zero-order chi connectivity index (χ0) is 21.7. The summed E-state index contributed by atoms with van der Waals surface area (Å²) in [6, 6.07) is 7.91. The Labute approximate surface area is 181 Å². The van der Waals surface area contributed by atoms with Crippen molar-refractivity contribution in [1.82, 2.24) is 9.62 Å². The molecule has 7 nitrogen and oxygen atoms in total. The zero-order valence-electron chi connectivity index (χ0n) is 17.1. The molecule has 162 valence electrons. The lowest BCUT2D eigenvalue weighted by Gasteiger charge is -2.37. The summed E-state index contributed by atoms with van der Waals surface area (Å²) in [5.74, 6) is -0.464. The van der Waals surface area contributed by atoms with E-state index in [-0.39, 0.29) is 41.8 Å². The molecule has 3 rings (SSSR count). The quantitative estimate of drug-likeness (QED) is 0.677. The highest BCUT2D eigenvalue weighted by Gasteiger charge is 2.35. The molecular formula is C21H27N3O4S2. The molecule has 9 heteroatoms. The van der Waals surface area contributed by atoms with Gasteiger partial charge >= 0.3 is 0 Å². The van der Waals surface area contributed by atoms with Gasteiger partial charge in [0.25, 0.3) is 5.91 Å². The highest BCUT2D eigenvalue weighted by atomic mass is 32.2. The number of hydrogen-bond donors (Lipinski definition) is 2. The summed E-state index contributed by atoms with van der Waals surface area (Å²) in [5, 5.41) is 8.99. The third-order valence-electron chi connectivity index (χ3n) is 5.25. The number of hydrogen-bond acceptors (Lipinski definition) is 5. The van der Waals surface area contributed by atoms with Gasteiger partial charge in [-0.15, -0.1) is 0 Å². The maximum atomic E-state index is 13.0. The van der Waals surface area contributed by atoms with Gasteiger partial charge in [0.15, 0.2) is 0 Å². The molecule has 0 spiro atoms. The predicted molar refractivity (Wildman–Crippen MR) is 118 cm³/mol. The Balaban J connectivity index is 1.55. The highest BCUT2D eigenvalue weighted by Crippen LogP contribution is 2.29. The minimum absolute atomic E-state index is 0.0255. The Morgan fingerprint density at radius 3 is 2.37 bits per heavy atom. The van der Waals surface area contributed by atoms with Crippen molar-refractivity contribution in [2.75, 3.05) is 11.9 Å². The molecule has 30 heavy (non-hydrogen) atoms. The van der Waals surface area contributed by atoms with Crippen molar-refractivity contribution in [1.29, 1.82) is 0 Å². The van der Waals surface area contributed by atoms with Crippen molar-refractivity contribution in [3.8, 4) is 0 Å². The van der Waals surface area contributed by atoms with Crippen LogP contribution in [-0.2, 0) is 14.8 Å². The Morgan fingerprint density at radius 1 is 1.10 bits per heavy atom. The van der Waals surface area contributed by atoms with E-state index >= 15 is 0 Å². The lowest BCUT2D eigenvalue weighted by molar-refractivity contribution is -0.116. The molecule has 0 aliphatic carbocycles.